The van der Waals surface area contributed by atoms with Gasteiger partial charge in [-0.2, -0.15) is 4.40 Å². The molecule has 2 rings (SSSR count). The fourth-order valence-electron chi connectivity index (χ4n) is 1.81. The van der Waals surface area contributed by atoms with Crippen LogP contribution in [0.2, 0.25) is 0 Å². The standard InChI is InChI=1S/C12H15BrN2OS/c1-11(2)12(3,17-15-10(14)16-11)8-5-4-6-9(13)7-8/h4-7H,1-3H3,(H2,14,15). The van der Waals surface area contributed by atoms with Crippen molar-refractivity contribution in [2.45, 2.75) is 31.1 Å². The second-order valence-electron chi connectivity index (χ2n) is 4.68. The first-order valence-corrected chi connectivity index (χ1v) is 6.88. The number of benzene rings is 1. The van der Waals surface area contributed by atoms with Gasteiger partial charge >= 0.3 is 0 Å². The van der Waals surface area contributed by atoms with Gasteiger partial charge in [0.25, 0.3) is 6.02 Å². The van der Waals surface area contributed by atoms with Gasteiger partial charge in [-0.05, 0) is 50.4 Å². The maximum atomic E-state index is 5.68. The highest BCUT2D eigenvalue weighted by Crippen LogP contribution is 2.50. The summed E-state index contributed by atoms with van der Waals surface area (Å²) in [5.74, 6) is 0. The van der Waals surface area contributed by atoms with Gasteiger partial charge in [0.15, 0.2) is 0 Å². The first-order valence-electron chi connectivity index (χ1n) is 5.32. The lowest BCUT2D eigenvalue weighted by molar-refractivity contribution is 0.0502. The monoisotopic (exact) mass is 314 g/mol. The van der Waals surface area contributed by atoms with E-state index in [9.17, 15) is 0 Å². The molecule has 1 atom stereocenters. The Hall–Kier alpha value is -0.680. The summed E-state index contributed by atoms with van der Waals surface area (Å²) in [5, 5.41) is 0. The zero-order chi connectivity index (χ0) is 12.7. The van der Waals surface area contributed by atoms with E-state index in [0.29, 0.717) is 0 Å². The van der Waals surface area contributed by atoms with Gasteiger partial charge in [-0.25, -0.2) is 0 Å². The molecule has 0 bridgehead atoms. The van der Waals surface area contributed by atoms with Gasteiger partial charge in [-0.3, -0.25) is 0 Å². The van der Waals surface area contributed by atoms with E-state index in [1.54, 1.807) is 0 Å². The largest absolute Gasteiger partial charge is 0.457 e. The van der Waals surface area contributed by atoms with E-state index in [4.69, 9.17) is 10.5 Å². The van der Waals surface area contributed by atoms with Crippen molar-refractivity contribution < 1.29 is 4.74 Å². The number of hydrogen-bond acceptors (Lipinski definition) is 4. The Labute approximate surface area is 114 Å². The molecule has 0 aliphatic carbocycles. The number of hydrogen-bond donors (Lipinski definition) is 1. The Balaban J connectivity index is 2.49. The fraction of sp³-hybridized carbons (Fsp3) is 0.417. The summed E-state index contributed by atoms with van der Waals surface area (Å²) >= 11 is 4.95. The Morgan fingerprint density at radius 1 is 1.35 bits per heavy atom. The maximum absolute atomic E-state index is 5.68. The molecule has 1 aromatic carbocycles. The van der Waals surface area contributed by atoms with Crippen LogP contribution in [0.1, 0.15) is 26.3 Å². The van der Waals surface area contributed by atoms with Gasteiger partial charge < -0.3 is 10.5 Å². The molecule has 17 heavy (non-hydrogen) atoms. The number of nitrogens with zero attached hydrogens (tertiary/aromatic N) is 1. The molecule has 1 aliphatic heterocycles. The number of halogens is 1. The first-order chi connectivity index (χ1) is 7.85. The van der Waals surface area contributed by atoms with Crippen LogP contribution in [-0.2, 0) is 9.48 Å². The van der Waals surface area contributed by atoms with Crippen LogP contribution in [0.25, 0.3) is 0 Å². The van der Waals surface area contributed by atoms with Crippen LogP contribution in [-0.4, -0.2) is 11.6 Å². The summed E-state index contributed by atoms with van der Waals surface area (Å²) in [7, 11) is 0. The van der Waals surface area contributed by atoms with E-state index in [1.165, 1.54) is 11.9 Å². The minimum atomic E-state index is -0.412. The minimum Gasteiger partial charge on any atom is -0.457 e. The van der Waals surface area contributed by atoms with Crippen molar-refractivity contribution in [3.63, 3.8) is 0 Å². The predicted molar refractivity (Wildman–Crippen MR) is 75.9 cm³/mol. The van der Waals surface area contributed by atoms with Crippen LogP contribution in [0.3, 0.4) is 0 Å². The molecule has 1 aromatic rings. The second kappa shape index (κ2) is 4.21. The molecule has 5 heteroatoms. The molecule has 0 saturated carbocycles. The number of ether oxygens (including phenoxy) is 1. The average molecular weight is 315 g/mol. The van der Waals surface area contributed by atoms with Crippen molar-refractivity contribution in [1.29, 1.82) is 0 Å². The van der Waals surface area contributed by atoms with E-state index >= 15 is 0 Å². The molecule has 0 spiro atoms. The van der Waals surface area contributed by atoms with Crippen molar-refractivity contribution in [3.8, 4) is 0 Å². The Morgan fingerprint density at radius 3 is 2.65 bits per heavy atom. The van der Waals surface area contributed by atoms with Crippen molar-refractivity contribution in [3.05, 3.63) is 34.3 Å². The molecule has 0 radical (unpaired) electrons. The highest BCUT2D eigenvalue weighted by atomic mass is 79.9. The third-order valence-corrected chi connectivity index (χ3v) is 5.06. The van der Waals surface area contributed by atoms with E-state index in [2.05, 4.69) is 39.4 Å². The van der Waals surface area contributed by atoms with Gasteiger partial charge in [0.05, 0.1) is 4.75 Å². The average Bonchev–Trinajstić information content (AvgIpc) is 2.23. The smallest absolute Gasteiger partial charge is 0.294 e. The van der Waals surface area contributed by atoms with E-state index < -0.39 is 5.60 Å². The summed E-state index contributed by atoms with van der Waals surface area (Å²) in [6.07, 6.45) is 0. The first kappa shape index (κ1) is 12.8. The van der Waals surface area contributed by atoms with E-state index in [-0.39, 0.29) is 10.8 Å². The lowest BCUT2D eigenvalue weighted by Crippen LogP contribution is -2.49. The molecule has 0 amide bonds. The molecule has 0 saturated heterocycles. The zero-order valence-corrected chi connectivity index (χ0v) is 12.4. The Morgan fingerprint density at radius 2 is 2.06 bits per heavy atom. The number of nitrogens with two attached hydrogens (primary N) is 1. The summed E-state index contributed by atoms with van der Waals surface area (Å²) in [6, 6.07) is 8.44. The molecule has 2 N–H and O–H groups in total. The molecule has 1 aliphatic rings. The molecule has 3 nitrogen and oxygen atoms in total. The van der Waals surface area contributed by atoms with Gasteiger partial charge in [0.1, 0.15) is 5.60 Å². The predicted octanol–water partition coefficient (Wildman–Crippen LogP) is 3.44. The topological polar surface area (TPSA) is 47.6 Å². The molecule has 1 heterocycles. The third-order valence-electron chi connectivity index (χ3n) is 3.20. The van der Waals surface area contributed by atoms with Crippen LogP contribution in [0.5, 0.6) is 0 Å². The van der Waals surface area contributed by atoms with Crippen molar-refractivity contribution in [2.24, 2.45) is 10.1 Å². The third kappa shape index (κ3) is 2.18. The molecule has 0 aromatic heterocycles. The fourth-order valence-corrected chi connectivity index (χ4v) is 3.01. The normalized spacial score (nSPS) is 27.2. The van der Waals surface area contributed by atoms with Crippen LogP contribution in [0, 0.1) is 0 Å². The quantitative estimate of drug-likeness (QED) is 0.808. The van der Waals surface area contributed by atoms with Gasteiger partial charge in [0, 0.05) is 4.47 Å². The second-order valence-corrected chi connectivity index (χ2v) is 6.77. The maximum Gasteiger partial charge on any atom is 0.294 e. The molecular weight excluding hydrogens is 300 g/mol. The Bertz CT molecular complexity index is 475. The lowest BCUT2D eigenvalue weighted by atomic mass is 9.85. The summed E-state index contributed by atoms with van der Waals surface area (Å²) in [4.78, 5) is 0. The Kier molecular flexibility index (Phi) is 3.16. The zero-order valence-electron chi connectivity index (χ0n) is 10.0. The van der Waals surface area contributed by atoms with Crippen LogP contribution in [0.4, 0.5) is 0 Å². The number of amidine groups is 1. The minimum absolute atomic E-state index is 0.243. The SMILES string of the molecule is CC1(C)OC(N)=NSC1(C)c1cccc(Br)c1. The number of rotatable bonds is 1. The van der Waals surface area contributed by atoms with Gasteiger partial charge in [0.2, 0.25) is 0 Å². The highest BCUT2D eigenvalue weighted by molar-refractivity contribution is 9.10. The van der Waals surface area contributed by atoms with Crippen molar-refractivity contribution >= 4 is 33.9 Å². The van der Waals surface area contributed by atoms with Crippen LogP contribution >= 0.6 is 27.9 Å². The summed E-state index contributed by atoms with van der Waals surface area (Å²) in [5.41, 5.74) is 6.39. The molecule has 0 fully saturated rings. The van der Waals surface area contributed by atoms with E-state index in [0.717, 1.165) is 10.0 Å². The van der Waals surface area contributed by atoms with Crippen molar-refractivity contribution in [2.75, 3.05) is 0 Å². The molecular formula is C12H15BrN2OS. The summed E-state index contributed by atoms with van der Waals surface area (Å²) < 4.78 is 10.6. The highest BCUT2D eigenvalue weighted by Gasteiger charge is 2.48. The lowest BCUT2D eigenvalue weighted by Gasteiger charge is -2.44. The van der Waals surface area contributed by atoms with Gasteiger partial charge in [-0.1, -0.05) is 28.1 Å². The molecule has 92 valence electrons. The molecule has 1 unspecified atom stereocenters. The van der Waals surface area contributed by atoms with Gasteiger partial charge in [-0.15, -0.1) is 0 Å². The van der Waals surface area contributed by atoms with Crippen LogP contribution < -0.4 is 5.73 Å². The van der Waals surface area contributed by atoms with Crippen LogP contribution in [0.15, 0.2) is 33.1 Å². The van der Waals surface area contributed by atoms with Crippen molar-refractivity contribution in [1.82, 2.24) is 0 Å². The van der Waals surface area contributed by atoms with E-state index in [1.807, 2.05) is 26.0 Å². The summed E-state index contributed by atoms with van der Waals surface area (Å²) in [6.45, 7) is 6.18.